The monoisotopic (exact) mass is 252 g/mol. The topological polar surface area (TPSA) is 50.4 Å². The van der Waals surface area contributed by atoms with Gasteiger partial charge in [0.25, 0.3) is 5.91 Å². The predicted octanol–water partition coefficient (Wildman–Crippen LogP) is 2.81. The van der Waals surface area contributed by atoms with Gasteiger partial charge in [0.1, 0.15) is 0 Å². The highest BCUT2D eigenvalue weighted by Crippen LogP contribution is 2.31. The van der Waals surface area contributed by atoms with E-state index in [2.05, 4.69) is 17.4 Å². The van der Waals surface area contributed by atoms with E-state index in [4.69, 9.17) is 4.84 Å². The maximum absolute atomic E-state index is 12.0. The Kier molecular flexibility index (Phi) is 2.68. The highest BCUT2D eigenvalue weighted by Gasteiger charge is 2.16. The van der Waals surface area contributed by atoms with E-state index in [1.165, 1.54) is 0 Å². The number of rotatable bonds is 2. The molecule has 2 aromatic rings. The van der Waals surface area contributed by atoms with E-state index in [0.717, 1.165) is 11.3 Å². The van der Waals surface area contributed by atoms with Crippen LogP contribution in [0, 0.1) is 0 Å². The zero-order chi connectivity index (χ0) is 13.2. The molecule has 0 saturated heterocycles. The number of anilines is 1. The molecule has 4 heteroatoms. The fraction of sp³-hybridized carbons (Fsp3) is 0. The molecule has 0 fully saturated rings. The molecule has 94 valence electrons. The number of amides is 1. The second kappa shape index (κ2) is 4.49. The SMILES string of the molecule is C=C1NOc2cc(NC(=O)c3ccccc3)ccc21. The third kappa shape index (κ3) is 2.15. The molecule has 0 saturated carbocycles. The van der Waals surface area contributed by atoms with Crippen molar-refractivity contribution in [1.29, 1.82) is 0 Å². The summed E-state index contributed by atoms with van der Waals surface area (Å²) in [7, 11) is 0. The number of carbonyl (C=O) groups excluding carboxylic acids is 1. The highest BCUT2D eigenvalue weighted by molar-refractivity contribution is 6.04. The predicted molar refractivity (Wildman–Crippen MR) is 73.6 cm³/mol. The van der Waals surface area contributed by atoms with Crippen molar-refractivity contribution < 1.29 is 9.63 Å². The minimum atomic E-state index is -0.148. The van der Waals surface area contributed by atoms with Crippen molar-refractivity contribution in [1.82, 2.24) is 5.48 Å². The van der Waals surface area contributed by atoms with Crippen LogP contribution in [0.3, 0.4) is 0 Å². The minimum absolute atomic E-state index is 0.148. The lowest BCUT2D eigenvalue weighted by molar-refractivity contribution is 0.102. The smallest absolute Gasteiger partial charge is 0.255 e. The first-order valence-corrected chi connectivity index (χ1v) is 5.86. The molecular weight excluding hydrogens is 240 g/mol. The summed E-state index contributed by atoms with van der Waals surface area (Å²) in [5.74, 6) is 0.515. The van der Waals surface area contributed by atoms with Crippen LogP contribution in [0.5, 0.6) is 5.75 Å². The van der Waals surface area contributed by atoms with Gasteiger partial charge >= 0.3 is 0 Å². The summed E-state index contributed by atoms with van der Waals surface area (Å²) < 4.78 is 0. The molecule has 0 bridgehead atoms. The summed E-state index contributed by atoms with van der Waals surface area (Å²) in [6.45, 7) is 3.81. The van der Waals surface area contributed by atoms with Crippen LogP contribution in [0.2, 0.25) is 0 Å². The Balaban J connectivity index is 1.81. The number of carbonyl (C=O) groups is 1. The number of hydroxylamine groups is 1. The lowest BCUT2D eigenvalue weighted by Crippen LogP contribution is -2.11. The van der Waals surface area contributed by atoms with Crippen molar-refractivity contribution in [3.05, 3.63) is 66.2 Å². The van der Waals surface area contributed by atoms with Crippen LogP contribution in [-0.2, 0) is 0 Å². The van der Waals surface area contributed by atoms with Crippen LogP contribution in [-0.4, -0.2) is 5.91 Å². The number of fused-ring (bicyclic) bond motifs is 1. The van der Waals surface area contributed by atoms with E-state index >= 15 is 0 Å². The summed E-state index contributed by atoms with van der Waals surface area (Å²) in [6.07, 6.45) is 0. The maximum atomic E-state index is 12.0. The molecule has 19 heavy (non-hydrogen) atoms. The molecule has 1 heterocycles. The van der Waals surface area contributed by atoms with Crippen molar-refractivity contribution in [2.45, 2.75) is 0 Å². The fourth-order valence-electron chi connectivity index (χ4n) is 1.90. The summed E-state index contributed by atoms with van der Waals surface area (Å²) in [5.41, 5.74) is 5.61. The van der Waals surface area contributed by atoms with Crippen molar-refractivity contribution >= 4 is 17.3 Å². The minimum Gasteiger partial charge on any atom is -0.381 e. The molecule has 1 aliphatic heterocycles. The first-order valence-electron chi connectivity index (χ1n) is 5.86. The number of nitrogens with one attached hydrogen (secondary N) is 2. The largest absolute Gasteiger partial charge is 0.381 e. The average molecular weight is 252 g/mol. The van der Waals surface area contributed by atoms with Crippen molar-refractivity contribution in [2.75, 3.05) is 5.32 Å². The molecule has 4 nitrogen and oxygen atoms in total. The maximum Gasteiger partial charge on any atom is 0.255 e. The van der Waals surface area contributed by atoms with E-state index in [9.17, 15) is 4.79 Å². The molecule has 0 unspecified atom stereocenters. The molecule has 3 rings (SSSR count). The van der Waals surface area contributed by atoms with Crippen LogP contribution in [0.15, 0.2) is 55.1 Å². The van der Waals surface area contributed by atoms with Gasteiger partial charge in [-0.3, -0.25) is 4.79 Å². The Bertz CT molecular complexity index is 650. The number of benzene rings is 2. The molecule has 0 spiro atoms. The number of hydrogen-bond donors (Lipinski definition) is 2. The third-order valence-electron chi connectivity index (χ3n) is 2.88. The van der Waals surface area contributed by atoms with Gasteiger partial charge in [0, 0.05) is 22.9 Å². The third-order valence-corrected chi connectivity index (χ3v) is 2.88. The molecule has 0 aromatic heterocycles. The van der Waals surface area contributed by atoms with Gasteiger partial charge in [-0.25, -0.2) is 5.48 Å². The van der Waals surface area contributed by atoms with Crippen molar-refractivity contribution in [3.8, 4) is 5.75 Å². The Morgan fingerprint density at radius 3 is 2.74 bits per heavy atom. The van der Waals surface area contributed by atoms with E-state index < -0.39 is 0 Å². The van der Waals surface area contributed by atoms with Crippen molar-refractivity contribution in [2.24, 2.45) is 0 Å². The quantitative estimate of drug-likeness (QED) is 0.864. The van der Waals surface area contributed by atoms with E-state index in [1.807, 2.05) is 30.3 Å². The van der Waals surface area contributed by atoms with Gasteiger partial charge in [0.2, 0.25) is 0 Å². The van der Waals surface area contributed by atoms with Gasteiger partial charge in [-0.1, -0.05) is 24.8 Å². The Labute approximate surface area is 110 Å². The molecule has 0 radical (unpaired) electrons. The fourth-order valence-corrected chi connectivity index (χ4v) is 1.90. The lowest BCUT2D eigenvalue weighted by atomic mass is 10.1. The average Bonchev–Trinajstić information content (AvgIpc) is 2.81. The van der Waals surface area contributed by atoms with Gasteiger partial charge in [-0.2, -0.15) is 0 Å². The van der Waals surface area contributed by atoms with Crippen LogP contribution >= 0.6 is 0 Å². The summed E-state index contributed by atoms with van der Waals surface area (Å²) >= 11 is 0. The second-order valence-corrected chi connectivity index (χ2v) is 4.21. The van der Waals surface area contributed by atoms with E-state index in [0.29, 0.717) is 17.0 Å². The van der Waals surface area contributed by atoms with E-state index in [-0.39, 0.29) is 5.91 Å². The first kappa shape index (κ1) is 11.3. The Morgan fingerprint density at radius 1 is 1.16 bits per heavy atom. The Morgan fingerprint density at radius 2 is 1.95 bits per heavy atom. The van der Waals surface area contributed by atoms with Gasteiger partial charge in [-0.15, -0.1) is 0 Å². The van der Waals surface area contributed by atoms with Crippen LogP contribution in [0.4, 0.5) is 5.69 Å². The van der Waals surface area contributed by atoms with Gasteiger partial charge < -0.3 is 10.2 Å². The van der Waals surface area contributed by atoms with Crippen molar-refractivity contribution in [3.63, 3.8) is 0 Å². The molecule has 0 aliphatic carbocycles. The standard InChI is InChI=1S/C15H12N2O2/c1-10-13-8-7-12(9-14(13)19-17-10)16-15(18)11-5-3-2-4-6-11/h2-9,17H,1H2,(H,16,18). The molecule has 0 atom stereocenters. The Hall–Kier alpha value is -2.75. The summed E-state index contributed by atoms with van der Waals surface area (Å²) in [4.78, 5) is 17.2. The second-order valence-electron chi connectivity index (χ2n) is 4.21. The van der Waals surface area contributed by atoms with Gasteiger partial charge in [0.05, 0.1) is 5.70 Å². The van der Waals surface area contributed by atoms with E-state index in [1.54, 1.807) is 18.2 Å². The zero-order valence-electron chi connectivity index (χ0n) is 10.1. The van der Waals surface area contributed by atoms with Crippen LogP contribution < -0.4 is 15.6 Å². The first-order chi connectivity index (χ1) is 9.24. The molecule has 1 amide bonds. The van der Waals surface area contributed by atoms with Crippen LogP contribution in [0.25, 0.3) is 5.70 Å². The molecule has 1 aliphatic rings. The summed E-state index contributed by atoms with van der Waals surface area (Å²) in [6, 6.07) is 14.5. The zero-order valence-corrected chi connectivity index (χ0v) is 10.1. The number of hydrogen-bond acceptors (Lipinski definition) is 3. The van der Waals surface area contributed by atoms with Gasteiger partial charge in [0.15, 0.2) is 5.75 Å². The van der Waals surface area contributed by atoms with Crippen LogP contribution in [0.1, 0.15) is 15.9 Å². The lowest BCUT2D eigenvalue weighted by Gasteiger charge is -2.06. The summed E-state index contributed by atoms with van der Waals surface area (Å²) in [5, 5.41) is 2.83. The van der Waals surface area contributed by atoms with Gasteiger partial charge in [-0.05, 0) is 24.3 Å². The highest BCUT2D eigenvalue weighted by atomic mass is 16.7. The molecule has 2 N–H and O–H groups in total. The molecule has 2 aromatic carbocycles. The normalized spacial score (nSPS) is 12.3. The molecular formula is C15H12N2O2.